The van der Waals surface area contributed by atoms with Crippen LogP contribution in [-0.4, -0.2) is 78.3 Å². The van der Waals surface area contributed by atoms with Gasteiger partial charge < -0.3 is 19.7 Å². The van der Waals surface area contributed by atoms with Gasteiger partial charge in [-0.15, -0.1) is 10.2 Å². The van der Waals surface area contributed by atoms with Gasteiger partial charge in [0.15, 0.2) is 11.6 Å². The second-order valence-corrected chi connectivity index (χ2v) is 11.2. The molecule has 4 aliphatic rings. The fraction of sp³-hybridized carbons (Fsp3) is 0.583. The van der Waals surface area contributed by atoms with Gasteiger partial charge in [0.25, 0.3) is 0 Å². The molecule has 1 aromatic carbocycles. The quantitative estimate of drug-likeness (QED) is 0.441. The zero-order valence-corrected chi connectivity index (χ0v) is 21.0. The summed E-state index contributed by atoms with van der Waals surface area (Å²) in [4.78, 5) is 0. The van der Waals surface area contributed by atoms with Crippen LogP contribution < -0.4 is 0 Å². The SMILES string of the molecule is CO[C@@H]1[C@@H](n2cc(-c3ccc(Cl)c(F)c3F)nn2)[C@@H](O)[C@@H](CO)O[C@@H]1Cc1cn(C23CC(C)(C2)C3)nn1. The first-order valence-corrected chi connectivity index (χ1v) is 12.5. The normalized spacial score (nSPS) is 34.7. The van der Waals surface area contributed by atoms with Crippen LogP contribution >= 0.6 is 11.6 Å². The third-order valence-corrected chi connectivity index (χ3v) is 8.36. The maximum absolute atomic E-state index is 14.5. The minimum Gasteiger partial charge on any atom is -0.394 e. The van der Waals surface area contributed by atoms with Crippen LogP contribution in [0.3, 0.4) is 0 Å². The molecule has 3 aromatic rings. The number of methoxy groups -OCH3 is 1. The Balaban J connectivity index is 1.27. The molecule has 13 heteroatoms. The van der Waals surface area contributed by atoms with Crippen molar-refractivity contribution in [1.82, 2.24) is 30.0 Å². The molecule has 1 aliphatic heterocycles. The van der Waals surface area contributed by atoms with E-state index >= 15 is 0 Å². The van der Waals surface area contributed by atoms with Crippen LogP contribution in [-0.2, 0) is 21.4 Å². The van der Waals surface area contributed by atoms with E-state index in [0.29, 0.717) is 17.5 Å². The van der Waals surface area contributed by atoms with E-state index in [-0.39, 0.29) is 21.8 Å². The number of hydrogen-bond donors (Lipinski definition) is 2. The van der Waals surface area contributed by atoms with Crippen molar-refractivity contribution in [2.24, 2.45) is 5.41 Å². The van der Waals surface area contributed by atoms with Gasteiger partial charge >= 0.3 is 0 Å². The van der Waals surface area contributed by atoms with Gasteiger partial charge in [-0.05, 0) is 36.8 Å². The Labute approximate surface area is 216 Å². The Hall–Kier alpha value is -2.51. The number of halogens is 3. The van der Waals surface area contributed by atoms with Crippen LogP contribution in [0, 0.1) is 17.0 Å². The molecule has 0 amide bonds. The Morgan fingerprint density at radius 3 is 2.57 bits per heavy atom. The first-order valence-electron chi connectivity index (χ1n) is 12.1. The Morgan fingerprint density at radius 2 is 1.89 bits per heavy atom. The van der Waals surface area contributed by atoms with Crippen molar-refractivity contribution in [2.75, 3.05) is 13.7 Å². The van der Waals surface area contributed by atoms with E-state index in [1.807, 2.05) is 10.9 Å². The fourth-order valence-corrected chi connectivity index (χ4v) is 6.65. The van der Waals surface area contributed by atoms with E-state index in [2.05, 4.69) is 27.5 Å². The van der Waals surface area contributed by atoms with E-state index < -0.39 is 48.7 Å². The van der Waals surface area contributed by atoms with Gasteiger partial charge in [-0.25, -0.2) is 18.1 Å². The monoisotopic (exact) mass is 536 g/mol. The summed E-state index contributed by atoms with van der Waals surface area (Å²) >= 11 is 5.66. The summed E-state index contributed by atoms with van der Waals surface area (Å²) in [7, 11) is 1.48. The van der Waals surface area contributed by atoms with Crippen molar-refractivity contribution in [2.45, 2.75) is 68.6 Å². The number of benzene rings is 1. The molecule has 5 atom stereocenters. The van der Waals surface area contributed by atoms with E-state index in [4.69, 9.17) is 21.1 Å². The largest absolute Gasteiger partial charge is 0.394 e. The molecular weight excluding hydrogens is 510 g/mol. The number of rotatable bonds is 7. The number of ether oxygens (including phenoxy) is 2. The predicted octanol–water partition coefficient (Wildman–Crippen LogP) is 2.29. The van der Waals surface area contributed by atoms with Crippen LogP contribution in [0.4, 0.5) is 8.78 Å². The lowest BCUT2D eigenvalue weighted by Gasteiger charge is -2.68. The van der Waals surface area contributed by atoms with Crippen molar-refractivity contribution in [3.8, 4) is 11.3 Å². The zero-order chi connectivity index (χ0) is 26.1. The summed E-state index contributed by atoms with van der Waals surface area (Å²) in [6.07, 6.45) is 3.43. The fourth-order valence-electron chi connectivity index (χ4n) is 6.50. The molecule has 0 spiro atoms. The van der Waals surface area contributed by atoms with E-state index in [1.165, 1.54) is 30.1 Å². The third kappa shape index (κ3) is 3.88. The predicted molar refractivity (Wildman–Crippen MR) is 126 cm³/mol. The highest BCUT2D eigenvalue weighted by molar-refractivity contribution is 6.30. The van der Waals surface area contributed by atoms with Gasteiger partial charge in [-0.1, -0.05) is 29.0 Å². The van der Waals surface area contributed by atoms with Gasteiger partial charge in [0.1, 0.15) is 30.0 Å². The minimum absolute atomic E-state index is 0.0499. The summed E-state index contributed by atoms with van der Waals surface area (Å²) in [6.45, 7) is 1.83. The summed E-state index contributed by atoms with van der Waals surface area (Å²) in [5.41, 5.74) is 1.11. The molecule has 3 heterocycles. The van der Waals surface area contributed by atoms with E-state index in [0.717, 1.165) is 19.3 Å². The molecule has 2 bridgehead atoms. The lowest BCUT2D eigenvalue weighted by atomic mass is 9.40. The molecule has 2 N–H and O–H groups in total. The van der Waals surface area contributed by atoms with Crippen LogP contribution in [0.5, 0.6) is 0 Å². The van der Waals surface area contributed by atoms with Crippen LogP contribution in [0.2, 0.25) is 5.02 Å². The molecule has 37 heavy (non-hydrogen) atoms. The summed E-state index contributed by atoms with van der Waals surface area (Å²) in [5.74, 6) is -2.33. The van der Waals surface area contributed by atoms with Crippen molar-refractivity contribution in [3.63, 3.8) is 0 Å². The molecule has 7 rings (SSSR count). The van der Waals surface area contributed by atoms with Crippen molar-refractivity contribution >= 4 is 11.6 Å². The maximum atomic E-state index is 14.5. The van der Waals surface area contributed by atoms with Crippen molar-refractivity contribution in [1.29, 1.82) is 0 Å². The lowest BCUT2D eigenvalue weighted by Crippen LogP contribution is -2.66. The molecule has 3 aliphatic carbocycles. The van der Waals surface area contributed by atoms with Crippen LogP contribution in [0.1, 0.15) is 37.9 Å². The molecule has 0 radical (unpaired) electrons. The Morgan fingerprint density at radius 1 is 1.14 bits per heavy atom. The smallest absolute Gasteiger partial charge is 0.178 e. The first-order chi connectivity index (χ1) is 17.7. The van der Waals surface area contributed by atoms with E-state index in [1.54, 1.807) is 0 Å². The number of aliphatic hydroxyl groups is 2. The zero-order valence-electron chi connectivity index (χ0n) is 20.3. The maximum Gasteiger partial charge on any atom is 0.178 e. The molecule has 4 fully saturated rings. The Bertz CT molecular complexity index is 1310. The molecule has 2 aromatic heterocycles. The highest BCUT2D eigenvalue weighted by Crippen LogP contribution is 2.70. The van der Waals surface area contributed by atoms with Gasteiger partial charge in [0.05, 0.1) is 35.2 Å². The molecule has 10 nitrogen and oxygen atoms in total. The van der Waals surface area contributed by atoms with Crippen molar-refractivity contribution < 1.29 is 28.5 Å². The third-order valence-electron chi connectivity index (χ3n) is 8.07. The average molecular weight is 537 g/mol. The number of hydrogen-bond acceptors (Lipinski definition) is 8. The standard InChI is InChI=1S/C24H27ClF2N6O4/c1-23-9-24(10-23,11-23)33-6-12(28-31-33)5-16-22(36-2)20(21(35)17(8-34)37-16)32-7-15(29-30-32)13-3-4-14(25)19(27)18(13)26/h3-4,6-7,16-17,20-22,34-35H,5,8-11H2,1-2H3/t16-,17-,20+,21+,22+,23?,24?/m1/s1. The van der Waals surface area contributed by atoms with Gasteiger partial charge in [0, 0.05) is 25.3 Å². The lowest BCUT2D eigenvalue weighted by molar-refractivity contribution is -0.212. The summed E-state index contributed by atoms with van der Waals surface area (Å²) in [6, 6.07) is 1.70. The molecule has 198 valence electrons. The number of nitrogens with zero attached hydrogens (tertiary/aromatic N) is 6. The highest BCUT2D eigenvalue weighted by atomic mass is 35.5. The van der Waals surface area contributed by atoms with Crippen LogP contribution in [0.15, 0.2) is 24.5 Å². The van der Waals surface area contributed by atoms with Gasteiger partial charge in [-0.3, -0.25) is 0 Å². The minimum atomic E-state index is -1.22. The summed E-state index contributed by atoms with van der Waals surface area (Å²) < 4.78 is 43.6. The number of aromatic nitrogens is 6. The highest BCUT2D eigenvalue weighted by Gasteiger charge is 2.67. The van der Waals surface area contributed by atoms with Crippen molar-refractivity contribution in [3.05, 3.63) is 46.9 Å². The molecule has 0 unspecified atom stereocenters. The molecular formula is C24H27ClF2N6O4. The number of aliphatic hydroxyl groups excluding tert-OH is 2. The van der Waals surface area contributed by atoms with Crippen LogP contribution in [0.25, 0.3) is 11.3 Å². The Kier molecular flexibility index (Phi) is 5.88. The topological polar surface area (TPSA) is 120 Å². The second-order valence-electron chi connectivity index (χ2n) is 10.8. The molecule has 1 saturated heterocycles. The van der Waals surface area contributed by atoms with E-state index in [9.17, 15) is 19.0 Å². The second kappa shape index (κ2) is 8.77. The first kappa shape index (κ1) is 24.8. The summed E-state index contributed by atoms with van der Waals surface area (Å²) in [5, 5.41) is 37.3. The van der Waals surface area contributed by atoms with Gasteiger partial charge in [-0.2, -0.15) is 0 Å². The molecule has 3 saturated carbocycles. The van der Waals surface area contributed by atoms with Gasteiger partial charge in [0.2, 0.25) is 0 Å². The average Bonchev–Trinajstić information content (AvgIpc) is 3.50.